The van der Waals surface area contributed by atoms with E-state index in [0.717, 1.165) is 25.7 Å². The molecule has 15 heteroatoms. The number of methoxy groups -OCH3 is 1. The topological polar surface area (TPSA) is 248 Å². The maximum atomic E-state index is 12.7. The van der Waals surface area contributed by atoms with Crippen molar-refractivity contribution in [3.63, 3.8) is 0 Å². The molecular formula is C41H72O15. The van der Waals surface area contributed by atoms with Crippen LogP contribution in [-0.4, -0.2) is 163 Å². The maximum Gasteiger partial charge on any atom is 0.187 e. The molecule has 4 aliphatic carbocycles. The van der Waals surface area contributed by atoms with Crippen molar-refractivity contribution in [3.8, 4) is 0 Å². The first-order chi connectivity index (χ1) is 26.3. The Bertz CT molecular complexity index is 1290. The van der Waals surface area contributed by atoms with Gasteiger partial charge in [-0.05, 0) is 91.3 Å². The Balaban J connectivity index is 1.10. The van der Waals surface area contributed by atoms with Crippen molar-refractivity contribution in [1.29, 1.82) is 0 Å². The molecule has 0 aromatic heterocycles. The van der Waals surface area contributed by atoms with Gasteiger partial charge in [-0.2, -0.15) is 0 Å². The smallest absolute Gasteiger partial charge is 0.187 e. The van der Waals surface area contributed by atoms with Crippen LogP contribution in [0.15, 0.2) is 0 Å². The second-order valence-corrected chi connectivity index (χ2v) is 19.4. The molecule has 56 heavy (non-hydrogen) atoms. The lowest BCUT2D eigenvalue weighted by Gasteiger charge is -2.65. The molecule has 0 unspecified atom stereocenters. The van der Waals surface area contributed by atoms with E-state index < -0.39 is 103 Å². The van der Waals surface area contributed by atoms with Crippen molar-refractivity contribution in [2.24, 2.45) is 52.3 Å². The fraction of sp³-hybridized carbons (Fsp3) is 1.00. The highest BCUT2D eigenvalue weighted by Crippen LogP contribution is 2.70. The highest BCUT2D eigenvalue weighted by atomic mass is 16.8. The largest absolute Gasteiger partial charge is 0.394 e. The molecule has 0 radical (unpaired) electrons. The van der Waals surface area contributed by atoms with E-state index in [0.29, 0.717) is 25.7 Å². The summed E-state index contributed by atoms with van der Waals surface area (Å²) in [7, 11) is 1.33. The predicted octanol–water partition coefficient (Wildman–Crippen LogP) is 0.0460. The molecule has 15 nitrogen and oxygen atoms in total. The molecule has 0 spiro atoms. The first-order valence-corrected chi connectivity index (χ1v) is 21.2. The molecule has 22 atom stereocenters. The van der Waals surface area contributed by atoms with Gasteiger partial charge in [-0.15, -0.1) is 0 Å². The maximum absolute atomic E-state index is 12.7. The molecule has 0 aromatic rings. The summed E-state index contributed by atoms with van der Waals surface area (Å²) in [4.78, 5) is 0. The summed E-state index contributed by atoms with van der Waals surface area (Å²) in [6.45, 7) is 9.93. The molecule has 2 heterocycles. The van der Waals surface area contributed by atoms with Gasteiger partial charge in [-0.25, -0.2) is 0 Å². The molecule has 6 fully saturated rings. The van der Waals surface area contributed by atoms with Gasteiger partial charge in [0.25, 0.3) is 0 Å². The number of ether oxygens (including phenoxy) is 5. The Morgan fingerprint density at radius 3 is 2.16 bits per heavy atom. The van der Waals surface area contributed by atoms with Crippen LogP contribution in [-0.2, 0) is 23.7 Å². The molecule has 0 aromatic carbocycles. The zero-order valence-corrected chi connectivity index (χ0v) is 34.0. The van der Waals surface area contributed by atoms with E-state index in [1.165, 1.54) is 7.11 Å². The Hall–Kier alpha value is -0.600. The summed E-state index contributed by atoms with van der Waals surface area (Å²) in [5.74, 6) is -0.698. The fourth-order valence-corrected chi connectivity index (χ4v) is 13.0. The van der Waals surface area contributed by atoms with Gasteiger partial charge < -0.3 is 74.7 Å². The molecule has 6 aliphatic rings. The summed E-state index contributed by atoms with van der Waals surface area (Å²) in [6.07, 6.45) is -8.99. The van der Waals surface area contributed by atoms with Gasteiger partial charge in [-0.1, -0.05) is 41.0 Å². The second-order valence-electron chi connectivity index (χ2n) is 19.4. The summed E-state index contributed by atoms with van der Waals surface area (Å²) in [6, 6.07) is 0. The van der Waals surface area contributed by atoms with Gasteiger partial charge in [0.05, 0.1) is 49.8 Å². The number of fused-ring (bicyclic) bond motifs is 5. The predicted molar refractivity (Wildman–Crippen MR) is 199 cm³/mol. The second kappa shape index (κ2) is 17.4. The van der Waals surface area contributed by atoms with Crippen molar-refractivity contribution in [3.05, 3.63) is 0 Å². The lowest BCUT2D eigenvalue weighted by molar-refractivity contribution is -0.307. The number of aliphatic hydroxyl groups excluding tert-OH is 9. The van der Waals surface area contributed by atoms with E-state index in [4.69, 9.17) is 23.7 Å². The third-order valence-corrected chi connectivity index (χ3v) is 15.9. The van der Waals surface area contributed by atoms with Crippen LogP contribution in [0, 0.1) is 52.3 Å². The van der Waals surface area contributed by atoms with Gasteiger partial charge >= 0.3 is 0 Å². The van der Waals surface area contributed by atoms with E-state index >= 15 is 0 Å². The zero-order valence-electron chi connectivity index (χ0n) is 34.0. The Labute approximate surface area is 331 Å². The van der Waals surface area contributed by atoms with Crippen LogP contribution in [0.5, 0.6) is 0 Å². The molecule has 6 rings (SSSR count). The highest BCUT2D eigenvalue weighted by Gasteiger charge is 2.72. The van der Waals surface area contributed by atoms with Gasteiger partial charge in [0.2, 0.25) is 0 Å². The lowest BCUT2D eigenvalue weighted by Crippen LogP contribution is -2.68. The van der Waals surface area contributed by atoms with Crippen LogP contribution >= 0.6 is 0 Å². The monoisotopic (exact) mass is 804 g/mol. The number of rotatable bonds is 14. The fourth-order valence-electron chi connectivity index (χ4n) is 13.0. The molecule has 0 amide bonds. The molecule has 2 aliphatic heterocycles. The Kier molecular flexibility index (Phi) is 14.0. The van der Waals surface area contributed by atoms with Crippen LogP contribution in [0.4, 0.5) is 0 Å². The Morgan fingerprint density at radius 2 is 1.50 bits per heavy atom. The minimum atomic E-state index is -1.42. The van der Waals surface area contributed by atoms with Gasteiger partial charge in [0.1, 0.15) is 42.7 Å². The molecule has 2 saturated heterocycles. The summed E-state index contributed by atoms with van der Waals surface area (Å²) < 4.78 is 28.9. The standard InChI is InChI=1S/C41H72O15/c1-19(2)21(11-14-53-38-35(32(50)33(55-38)25(45)17-42)56-37-34(52-6)29(47)26(46)18-54-37)8-7-20(3)28-30(48)31(49)36-40(28,5)13-10-27-39(4)12-9-22(43)15-23(39)24(44)16-41(27,36)51/h19-38,42-51H,7-18H2,1-6H3/t20-,21-,22+,23-,24-,25-,26-,27-,28+,29+,30-,31+,32+,33-,34-,35-,36-,37+,38-,39+,40-,41+/m1/s1. The summed E-state index contributed by atoms with van der Waals surface area (Å²) in [5, 5.41) is 110. The molecule has 0 bridgehead atoms. The van der Waals surface area contributed by atoms with Crippen LogP contribution in [0.3, 0.4) is 0 Å². The van der Waals surface area contributed by atoms with Crippen LogP contribution < -0.4 is 0 Å². The zero-order chi connectivity index (χ0) is 41.1. The van der Waals surface area contributed by atoms with E-state index in [1.54, 1.807) is 0 Å². The van der Waals surface area contributed by atoms with E-state index in [-0.39, 0.29) is 60.6 Å². The van der Waals surface area contributed by atoms with Crippen molar-refractivity contribution in [2.75, 3.05) is 26.9 Å². The van der Waals surface area contributed by atoms with Gasteiger partial charge in [0, 0.05) is 19.4 Å². The Morgan fingerprint density at radius 1 is 0.804 bits per heavy atom. The van der Waals surface area contributed by atoms with Crippen molar-refractivity contribution in [1.82, 2.24) is 0 Å². The lowest BCUT2D eigenvalue weighted by atomic mass is 9.42. The quantitative estimate of drug-likeness (QED) is 0.111. The third kappa shape index (κ3) is 7.88. The van der Waals surface area contributed by atoms with Crippen molar-refractivity contribution >= 4 is 0 Å². The minimum absolute atomic E-state index is 0.00329. The van der Waals surface area contributed by atoms with E-state index in [1.807, 2.05) is 0 Å². The minimum Gasteiger partial charge on any atom is -0.394 e. The summed E-state index contributed by atoms with van der Waals surface area (Å²) >= 11 is 0. The first kappa shape index (κ1) is 44.9. The number of hydrogen-bond acceptors (Lipinski definition) is 15. The number of hydrogen-bond donors (Lipinski definition) is 10. The summed E-state index contributed by atoms with van der Waals surface area (Å²) in [5.41, 5.74) is -2.27. The molecular weight excluding hydrogens is 732 g/mol. The van der Waals surface area contributed by atoms with Crippen molar-refractivity contribution in [2.45, 2.75) is 178 Å². The molecule has 326 valence electrons. The normalized spacial score (nSPS) is 50.9. The third-order valence-electron chi connectivity index (χ3n) is 15.9. The molecule has 10 N–H and O–H groups in total. The van der Waals surface area contributed by atoms with Gasteiger partial charge in [-0.3, -0.25) is 0 Å². The SMILES string of the molecule is CO[C@H]1[C@H](O[C@H]2[C@H](OCC[C@@H](CC[C@@H](C)[C@H]3[C@@H](O)[C@H](O)[C@@H]4[C@]3(C)CC[C@@H]3[C@@]5(C)CC[C@H](O)C[C@@H]5[C@H](O)C[C@]34O)C(C)C)O[C@H]([C@H](O)CO)[C@@H]2O)OC[C@@H](O)[C@@H]1O. The van der Waals surface area contributed by atoms with E-state index in [9.17, 15) is 51.1 Å². The highest BCUT2D eigenvalue weighted by molar-refractivity contribution is 5.21. The average Bonchev–Trinajstić information content (AvgIpc) is 3.56. The van der Waals surface area contributed by atoms with Crippen LogP contribution in [0.2, 0.25) is 0 Å². The average molecular weight is 805 g/mol. The number of aliphatic hydroxyl groups is 10. The van der Waals surface area contributed by atoms with Crippen LogP contribution in [0.25, 0.3) is 0 Å². The van der Waals surface area contributed by atoms with E-state index in [2.05, 4.69) is 34.6 Å². The van der Waals surface area contributed by atoms with Crippen molar-refractivity contribution < 1.29 is 74.7 Å². The first-order valence-electron chi connectivity index (χ1n) is 21.2. The van der Waals surface area contributed by atoms with Gasteiger partial charge in [0.15, 0.2) is 12.6 Å². The van der Waals surface area contributed by atoms with Crippen LogP contribution in [0.1, 0.15) is 92.4 Å². The molecule has 4 saturated carbocycles.